The topological polar surface area (TPSA) is 66.4 Å². The number of carbonyl (C=O) groups excluding carboxylic acids is 1. The van der Waals surface area contributed by atoms with E-state index in [9.17, 15) is 14.7 Å². The van der Waals surface area contributed by atoms with Crippen molar-refractivity contribution in [1.82, 2.24) is 5.32 Å². The molecule has 2 aromatic rings. The van der Waals surface area contributed by atoms with Crippen LogP contribution in [0.2, 0.25) is 0 Å². The van der Waals surface area contributed by atoms with Crippen molar-refractivity contribution in [1.29, 1.82) is 0 Å². The van der Waals surface area contributed by atoms with Gasteiger partial charge in [0, 0.05) is 5.56 Å². The van der Waals surface area contributed by atoms with Crippen LogP contribution in [0.3, 0.4) is 0 Å². The fourth-order valence-corrected chi connectivity index (χ4v) is 3.64. The smallest absolute Gasteiger partial charge is 0.334 e. The highest BCUT2D eigenvalue weighted by Crippen LogP contribution is 2.37. The number of carboxylic acids is 1. The Morgan fingerprint density at radius 2 is 1.85 bits per heavy atom. The lowest BCUT2D eigenvalue weighted by molar-refractivity contribution is -0.144. The van der Waals surface area contributed by atoms with Crippen LogP contribution in [0.1, 0.15) is 52.9 Å². The fourth-order valence-electron chi connectivity index (χ4n) is 3.64. The Morgan fingerprint density at radius 1 is 1.12 bits per heavy atom. The van der Waals surface area contributed by atoms with E-state index in [4.69, 9.17) is 0 Å². The average molecular weight is 349 g/mol. The number of hydrogen-bond donors (Lipinski definition) is 2. The van der Waals surface area contributed by atoms with Gasteiger partial charge in [0.2, 0.25) is 0 Å². The minimum Gasteiger partial charge on any atom is -0.479 e. The van der Waals surface area contributed by atoms with Gasteiger partial charge in [0.15, 0.2) is 5.54 Å². The summed E-state index contributed by atoms with van der Waals surface area (Å²) >= 11 is 0. The monoisotopic (exact) mass is 349 g/mol. The second-order valence-corrected chi connectivity index (χ2v) is 7.08. The number of fused-ring (bicyclic) bond motifs is 1. The maximum Gasteiger partial charge on any atom is 0.334 e. The molecule has 4 nitrogen and oxygen atoms in total. The lowest BCUT2D eigenvalue weighted by Gasteiger charge is -2.27. The molecule has 1 aliphatic rings. The first kappa shape index (κ1) is 17.9. The van der Waals surface area contributed by atoms with Gasteiger partial charge in [-0.2, -0.15) is 0 Å². The number of hydrogen-bond acceptors (Lipinski definition) is 2. The largest absolute Gasteiger partial charge is 0.479 e. The van der Waals surface area contributed by atoms with Crippen molar-refractivity contribution in [3.05, 3.63) is 75.9 Å². The minimum atomic E-state index is -1.38. The number of carboxylic acid groups (broad SMARTS) is 1. The summed E-state index contributed by atoms with van der Waals surface area (Å²) in [4.78, 5) is 25.2. The summed E-state index contributed by atoms with van der Waals surface area (Å²) in [6, 6.07) is 12.9. The second kappa shape index (κ2) is 6.79. The molecule has 0 bridgehead atoms. The van der Waals surface area contributed by atoms with Gasteiger partial charge in [0.05, 0.1) is 0 Å². The van der Waals surface area contributed by atoms with Gasteiger partial charge in [-0.3, -0.25) is 4.79 Å². The molecule has 0 saturated carbocycles. The van der Waals surface area contributed by atoms with E-state index < -0.39 is 11.5 Å². The van der Waals surface area contributed by atoms with Crippen LogP contribution in [-0.2, 0) is 16.8 Å². The summed E-state index contributed by atoms with van der Waals surface area (Å²) in [6.45, 7) is 5.89. The Morgan fingerprint density at radius 3 is 2.54 bits per heavy atom. The molecule has 4 heteroatoms. The summed E-state index contributed by atoms with van der Waals surface area (Å²) < 4.78 is 0. The molecule has 0 saturated heterocycles. The molecule has 0 aliphatic heterocycles. The normalized spacial score (nSPS) is 18.1. The zero-order valence-electron chi connectivity index (χ0n) is 15.3. The van der Waals surface area contributed by atoms with Crippen molar-refractivity contribution in [3.63, 3.8) is 0 Å². The molecule has 0 radical (unpaired) electrons. The van der Waals surface area contributed by atoms with Gasteiger partial charge >= 0.3 is 5.97 Å². The van der Waals surface area contributed by atoms with Crippen LogP contribution in [0.25, 0.3) is 6.08 Å². The molecule has 0 heterocycles. The predicted octanol–water partition coefficient (Wildman–Crippen LogP) is 4.07. The summed E-state index contributed by atoms with van der Waals surface area (Å²) in [5.41, 5.74) is 3.66. The molecule has 134 valence electrons. The lowest BCUT2D eigenvalue weighted by atomic mass is 9.90. The average Bonchev–Trinajstić information content (AvgIpc) is 2.96. The molecule has 0 aromatic heterocycles. The van der Waals surface area contributed by atoms with Crippen LogP contribution in [0, 0.1) is 6.92 Å². The summed E-state index contributed by atoms with van der Waals surface area (Å²) in [5, 5.41) is 12.8. The molecule has 0 spiro atoms. The Bertz CT molecular complexity index is 909. The minimum absolute atomic E-state index is 0.358. The summed E-state index contributed by atoms with van der Waals surface area (Å²) in [5.74, 6) is -1.38. The maximum atomic E-state index is 13.1. The van der Waals surface area contributed by atoms with Gasteiger partial charge < -0.3 is 10.4 Å². The quantitative estimate of drug-likeness (QED) is 0.874. The number of rotatable bonds is 4. The number of allylic oxidation sites excluding steroid dienone is 1. The fraction of sp³-hybridized carbons (Fsp3) is 0.273. The molecule has 1 atom stereocenters. The molecular weight excluding hydrogens is 326 g/mol. The van der Waals surface area contributed by atoms with Crippen molar-refractivity contribution < 1.29 is 14.7 Å². The van der Waals surface area contributed by atoms with Crippen LogP contribution in [0.5, 0.6) is 0 Å². The van der Waals surface area contributed by atoms with E-state index in [2.05, 4.69) is 5.32 Å². The van der Waals surface area contributed by atoms with Gasteiger partial charge in [0.25, 0.3) is 5.91 Å². The number of aliphatic carboxylic acids is 1. The van der Waals surface area contributed by atoms with Crippen LogP contribution in [-0.4, -0.2) is 17.0 Å². The molecule has 2 aromatic carbocycles. The lowest BCUT2D eigenvalue weighted by Crippen LogP contribution is -2.50. The van der Waals surface area contributed by atoms with Crippen molar-refractivity contribution in [3.8, 4) is 0 Å². The Hall–Kier alpha value is -2.88. The van der Waals surface area contributed by atoms with Crippen LogP contribution < -0.4 is 5.32 Å². The Labute approximate surface area is 153 Å². The highest BCUT2D eigenvalue weighted by atomic mass is 16.4. The molecule has 2 N–H and O–H groups in total. The van der Waals surface area contributed by atoms with Gasteiger partial charge in [-0.05, 0) is 61.9 Å². The maximum absolute atomic E-state index is 13.1. The van der Waals surface area contributed by atoms with Gasteiger partial charge in [-0.1, -0.05) is 48.0 Å². The van der Waals surface area contributed by atoms with Crippen molar-refractivity contribution in [2.75, 3.05) is 0 Å². The van der Waals surface area contributed by atoms with Gasteiger partial charge in [-0.15, -0.1) is 0 Å². The Balaban J connectivity index is 2.04. The highest BCUT2D eigenvalue weighted by molar-refractivity contribution is 6.01. The van der Waals surface area contributed by atoms with Gasteiger partial charge in [-0.25, -0.2) is 4.79 Å². The van der Waals surface area contributed by atoms with Crippen LogP contribution >= 0.6 is 0 Å². The predicted molar refractivity (Wildman–Crippen MR) is 102 cm³/mol. The molecule has 1 amide bonds. The molecule has 0 fully saturated rings. The van der Waals surface area contributed by atoms with Crippen molar-refractivity contribution in [2.45, 2.75) is 39.2 Å². The van der Waals surface area contributed by atoms with E-state index in [1.54, 1.807) is 12.1 Å². The van der Waals surface area contributed by atoms with Crippen molar-refractivity contribution in [2.24, 2.45) is 0 Å². The summed E-state index contributed by atoms with van der Waals surface area (Å²) in [7, 11) is 0. The van der Waals surface area contributed by atoms with E-state index in [-0.39, 0.29) is 5.91 Å². The van der Waals surface area contributed by atoms with E-state index in [0.29, 0.717) is 24.0 Å². The first-order chi connectivity index (χ1) is 12.3. The van der Waals surface area contributed by atoms with E-state index in [0.717, 1.165) is 22.3 Å². The first-order valence-electron chi connectivity index (χ1n) is 8.74. The van der Waals surface area contributed by atoms with E-state index in [1.165, 1.54) is 0 Å². The third-order valence-corrected chi connectivity index (χ3v) is 4.94. The molecule has 1 aliphatic carbocycles. The molecule has 1 unspecified atom stereocenters. The second-order valence-electron chi connectivity index (χ2n) is 7.08. The van der Waals surface area contributed by atoms with E-state index in [1.807, 2.05) is 57.2 Å². The molecule has 3 rings (SSSR count). The Kier molecular flexibility index (Phi) is 4.68. The summed E-state index contributed by atoms with van der Waals surface area (Å²) in [6.07, 6.45) is 2.95. The third kappa shape index (κ3) is 3.03. The van der Waals surface area contributed by atoms with Crippen LogP contribution in [0.4, 0.5) is 0 Å². The zero-order chi connectivity index (χ0) is 18.9. The molecular formula is C22H23NO3. The molecule has 26 heavy (non-hydrogen) atoms. The standard InChI is InChI=1S/C22H23NO3/c1-14(2)13-18-15(3)7-6-9-17(18)20(24)23-22(21(25)26)12-11-16-8-4-5-10-19(16)22/h4-10,13H,11-12H2,1-3H3,(H,23,24)(H,25,26). The SMILES string of the molecule is CC(C)=Cc1c(C)cccc1C(=O)NC1(C(=O)O)CCc2ccccc21. The number of nitrogens with one attached hydrogen (secondary N) is 1. The van der Waals surface area contributed by atoms with E-state index >= 15 is 0 Å². The number of aryl methyl sites for hydroxylation is 2. The van der Waals surface area contributed by atoms with Crippen molar-refractivity contribution >= 4 is 18.0 Å². The zero-order valence-corrected chi connectivity index (χ0v) is 15.3. The number of carbonyl (C=O) groups is 2. The number of benzene rings is 2. The van der Waals surface area contributed by atoms with Crippen LogP contribution in [0.15, 0.2) is 48.0 Å². The number of amides is 1. The third-order valence-electron chi connectivity index (χ3n) is 4.94. The first-order valence-corrected chi connectivity index (χ1v) is 8.74. The highest BCUT2D eigenvalue weighted by Gasteiger charge is 2.47. The van der Waals surface area contributed by atoms with Gasteiger partial charge in [0.1, 0.15) is 0 Å².